The molecule has 126 valence electrons. The van der Waals surface area contributed by atoms with Crippen LogP contribution in [-0.4, -0.2) is 19.4 Å². The molecule has 0 aromatic heterocycles. The van der Waals surface area contributed by atoms with Gasteiger partial charge in [0, 0.05) is 12.1 Å². The Morgan fingerprint density at radius 1 is 0.826 bits per heavy atom. The van der Waals surface area contributed by atoms with Gasteiger partial charge >= 0.3 is 6.30 Å². The molecular formula is C19H25F3N+. The summed E-state index contributed by atoms with van der Waals surface area (Å²) in [4.78, 5) is 0. The van der Waals surface area contributed by atoms with Crippen LogP contribution in [0, 0.1) is 0 Å². The summed E-state index contributed by atoms with van der Waals surface area (Å²) in [5, 5.41) is 1.84. The summed E-state index contributed by atoms with van der Waals surface area (Å²) < 4.78 is 41.3. The van der Waals surface area contributed by atoms with Gasteiger partial charge in [0.2, 0.25) is 0 Å². The van der Waals surface area contributed by atoms with Crippen LogP contribution in [0.2, 0.25) is 0 Å². The molecule has 4 heteroatoms. The predicted molar refractivity (Wildman–Crippen MR) is 91.3 cm³/mol. The normalized spacial score (nSPS) is 12.7. The zero-order valence-electron chi connectivity index (χ0n) is 13.9. The Bertz CT molecular complexity index is 626. The molecule has 0 heterocycles. The lowest BCUT2D eigenvalue weighted by Gasteiger charge is -2.38. The van der Waals surface area contributed by atoms with Crippen LogP contribution in [0.1, 0.15) is 39.5 Å². The molecule has 0 bridgehead atoms. The molecule has 0 aliphatic heterocycles. The van der Waals surface area contributed by atoms with Crippen molar-refractivity contribution in [2.24, 2.45) is 0 Å². The van der Waals surface area contributed by atoms with Gasteiger partial charge in [-0.1, -0.05) is 51.0 Å². The number of benzene rings is 2. The first-order valence-corrected chi connectivity index (χ1v) is 8.38. The molecule has 2 rings (SSSR count). The van der Waals surface area contributed by atoms with Crippen LogP contribution in [0.5, 0.6) is 0 Å². The van der Waals surface area contributed by atoms with Crippen LogP contribution in [0.25, 0.3) is 10.8 Å². The molecule has 0 aliphatic rings. The number of quaternary nitrogens is 1. The summed E-state index contributed by atoms with van der Waals surface area (Å²) in [6.45, 7) is 4.09. The fourth-order valence-corrected chi connectivity index (χ4v) is 3.07. The van der Waals surface area contributed by atoms with Crippen molar-refractivity contribution >= 4 is 16.5 Å². The zero-order chi connectivity index (χ0) is 16.9. The lowest BCUT2D eigenvalue weighted by Crippen LogP contribution is -2.60. The Labute approximate surface area is 136 Å². The Balaban J connectivity index is 2.55. The fourth-order valence-electron chi connectivity index (χ4n) is 3.07. The fraction of sp³-hybridized carbons (Fsp3) is 0.474. The van der Waals surface area contributed by atoms with Crippen LogP contribution in [0.15, 0.2) is 42.5 Å². The standard InChI is InChI=1S/C19H25F3N/c1-3-5-13-23(14-6-4-2,19(20,21)22)18-12-11-16-9-7-8-10-17(16)15-18/h7-12,15H,3-6,13-14H2,1-2H3/q+1. The molecule has 2 aromatic rings. The molecule has 1 nitrogen and oxygen atoms in total. The third-order valence-corrected chi connectivity index (χ3v) is 4.50. The van der Waals surface area contributed by atoms with E-state index in [9.17, 15) is 13.2 Å². The van der Waals surface area contributed by atoms with Gasteiger partial charge in [0.05, 0.1) is 13.1 Å². The van der Waals surface area contributed by atoms with Gasteiger partial charge in [-0.25, -0.2) is 0 Å². The van der Waals surface area contributed by atoms with E-state index in [0.29, 0.717) is 18.5 Å². The average molecular weight is 324 g/mol. The van der Waals surface area contributed by atoms with Crippen molar-refractivity contribution in [1.82, 2.24) is 4.48 Å². The highest BCUT2D eigenvalue weighted by molar-refractivity contribution is 5.85. The number of hydrogen-bond acceptors (Lipinski definition) is 0. The molecule has 0 aliphatic carbocycles. The van der Waals surface area contributed by atoms with E-state index in [1.807, 2.05) is 38.1 Å². The van der Waals surface area contributed by atoms with Crippen molar-refractivity contribution in [2.45, 2.75) is 45.8 Å². The van der Waals surface area contributed by atoms with E-state index < -0.39 is 10.8 Å². The monoisotopic (exact) mass is 324 g/mol. The summed E-state index contributed by atoms with van der Waals surface area (Å²) in [5.41, 5.74) is 0.359. The van der Waals surface area contributed by atoms with Gasteiger partial charge in [0.15, 0.2) is 0 Å². The van der Waals surface area contributed by atoms with Crippen molar-refractivity contribution in [3.63, 3.8) is 0 Å². The van der Waals surface area contributed by atoms with Gasteiger partial charge in [-0.15, -0.1) is 13.2 Å². The molecule has 23 heavy (non-hydrogen) atoms. The predicted octanol–water partition coefficient (Wildman–Crippen LogP) is 6.27. The Kier molecular flexibility index (Phi) is 5.69. The molecule has 0 fully saturated rings. The van der Waals surface area contributed by atoms with Crippen LogP contribution in [-0.2, 0) is 0 Å². The van der Waals surface area contributed by atoms with Gasteiger partial charge in [0.25, 0.3) is 0 Å². The first-order chi connectivity index (χ1) is 10.9. The molecule has 0 spiro atoms. The van der Waals surface area contributed by atoms with E-state index in [4.69, 9.17) is 0 Å². The SMILES string of the molecule is CCCC[N+](CCCC)(c1ccc2ccccc2c1)C(F)(F)F. The van der Waals surface area contributed by atoms with Crippen LogP contribution in [0.3, 0.4) is 0 Å². The van der Waals surface area contributed by atoms with Crippen molar-refractivity contribution in [3.8, 4) is 0 Å². The number of unbranched alkanes of at least 4 members (excludes halogenated alkanes) is 2. The number of halogens is 3. The summed E-state index contributed by atoms with van der Waals surface area (Å²) in [6.07, 6.45) is -1.63. The lowest BCUT2D eigenvalue weighted by atomic mass is 10.1. The number of fused-ring (bicyclic) bond motifs is 1. The molecule has 0 amide bonds. The Morgan fingerprint density at radius 2 is 1.39 bits per heavy atom. The van der Waals surface area contributed by atoms with E-state index in [1.165, 1.54) is 0 Å². The molecule has 0 N–H and O–H groups in total. The topological polar surface area (TPSA) is 0 Å². The number of rotatable bonds is 7. The summed E-state index contributed by atoms with van der Waals surface area (Å²) in [5.74, 6) is 0. The van der Waals surface area contributed by atoms with Gasteiger partial charge in [0.1, 0.15) is 5.69 Å². The van der Waals surface area contributed by atoms with Gasteiger partial charge in [-0.3, -0.25) is 0 Å². The van der Waals surface area contributed by atoms with Crippen molar-refractivity contribution < 1.29 is 13.2 Å². The maximum Gasteiger partial charge on any atom is 0.566 e. The van der Waals surface area contributed by atoms with Crippen molar-refractivity contribution in [1.29, 1.82) is 0 Å². The summed E-state index contributed by atoms with van der Waals surface area (Å²) >= 11 is 0. The molecule has 2 aromatic carbocycles. The second-order valence-electron chi connectivity index (χ2n) is 6.12. The number of alkyl halides is 3. The second-order valence-corrected chi connectivity index (χ2v) is 6.12. The molecular weight excluding hydrogens is 299 g/mol. The first kappa shape index (κ1) is 17.8. The first-order valence-electron chi connectivity index (χ1n) is 8.38. The van der Waals surface area contributed by atoms with Crippen molar-refractivity contribution in [2.75, 3.05) is 13.1 Å². The van der Waals surface area contributed by atoms with Crippen LogP contribution < -0.4 is 4.48 Å². The van der Waals surface area contributed by atoms with Crippen LogP contribution >= 0.6 is 0 Å². The minimum absolute atomic E-state index is 0.109. The Hall–Kier alpha value is -1.55. The van der Waals surface area contributed by atoms with E-state index in [2.05, 4.69) is 0 Å². The lowest BCUT2D eigenvalue weighted by molar-refractivity contribution is -0.239. The van der Waals surface area contributed by atoms with E-state index in [-0.39, 0.29) is 13.1 Å². The highest BCUT2D eigenvalue weighted by atomic mass is 19.4. The zero-order valence-corrected chi connectivity index (χ0v) is 13.9. The van der Waals surface area contributed by atoms with Crippen molar-refractivity contribution in [3.05, 3.63) is 42.5 Å². The third-order valence-electron chi connectivity index (χ3n) is 4.50. The molecule has 0 saturated heterocycles. The maximum atomic E-state index is 14.1. The third kappa shape index (κ3) is 3.69. The molecule has 0 unspecified atom stereocenters. The molecule has 0 atom stereocenters. The molecule has 0 radical (unpaired) electrons. The largest absolute Gasteiger partial charge is 0.566 e. The quantitative estimate of drug-likeness (QED) is 0.416. The van der Waals surface area contributed by atoms with E-state index in [1.54, 1.807) is 18.2 Å². The Morgan fingerprint density at radius 3 is 1.91 bits per heavy atom. The second kappa shape index (κ2) is 7.35. The van der Waals surface area contributed by atoms with Crippen LogP contribution in [0.4, 0.5) is 18.9 Å². The summed E-state index contributed by atoms with van der Waals surface area (Å²) in [6, 6.07) is 12.8. The summed E-state index contributed by atoms with van der Waals surface area (Å²) in [7, 11) is 0. The average Bonchev–Trinajstić information content (AvgIpc) is 2.53. The minimum Gasteiger partial charge on any atom is -0.199 e. The maximum absolute atomic E-state index is 14.1. The smallest absolute Gasteiger partial charge is 0.199 e. The molecule has 0 saturated carbocycles. The van der Waals surface area contributed by atoms with E-state index in [0.717, 1.165) is 23.6 Å². The van der Waals surface area contributed by atoms with Gasteiger partial charge in [-0.05, 0) is 29.7 Å². The highest BCUT2D eigenvalue weighted by Gasteiger charge is 2.55. The van der Waals surface area contributed by atoms with E-state index >= 15 is 0 Å². The number of nitrogens with zero attached hydrogens (tertiary/aromatic N) is 1. The number of hydrogen-bond donors (Lipinski definition) is 0. The van der Waals surface area contributed by atoms with Gasteiger partial charge < -0.3 is 0 Å². The highest BCUT2D eigenvalue weighted by Crippen LogP contribution is 2.39. The minimum atomic E-state index is -4.28. The van der Waals surface area contributed by atoms with Gasteiger partial charge in [-0.2, -0.15) is 4.48 Å².